The van der Waals surface area contributed by atoms with E-state index in [2.05, 4.69) is 21.5 Å². The van der Waals surface area contributed by atoms with Crippen LogP contribution in [0.25, 0.3) is 0 Å². The van der Waals surface area contributed by atoms with Gasteiger partial charge in [-0.2, -0.15) is 14.6 Å². The largest absolute Gasteiger partial charge is 0.454 e. The van der Waals surface area contributed by atoms with Crippen molar-refractivity contribution < 1.29 is 4.74 Å². The number of pyridine rings is 1. The number of aryl methyl sites for hydroxylation is 1. The molecule has 3 aromatic rings. The Bertz CT molecular complexity index is 931. The summed E-state index contributed by atoms with van der Waals surface area (Å²) in [6.07, 6.45) is 1.58. The van der Waals surface area contributed by atoms with Gasteiger partial charge in [-0.05, 0) is 44.2 Å². The SMILES string of the molecule is Cc1cccc(NC(C)c2nn(Cl)cc2Oc2cccc(C#N)c2)n1. The van der Waals surface area contributed by atoms with Gasteiger partial charge in [0.1, 0.15) is 17.3 Å². The average Bonchev–Trinajstić information content (AvgIpc) is 2.95. The lowest BCUT2D eigenvalue weighted by Gasteiger charge is -2.14. The van der Waals surface area contributed by atoms with Crippen molar-refractivity contribution >= 4 is 17.6 Å². The number of nitriles is 1. The van der Waals surface area contributed by atoms with Crippen molar-refractivity contribution in [3.63, 3.8) is 0 Å². The monoisotopic (exact) mass is 353 g/mol. The Morgan fingerprint density at radius 3 is 2.84 bits per heavy atom. The highest BCUT2D eigenvalue weighted by Crippen LogP contribution is 2.31. The molecule has 6 nitrogen and oxygen atoms in total. The van der Waals surface area contributed by atoms with E-state index in [1.165, 1.54) is 4.20 Å². The second kappa shape index (κ2) is 7.24. The smallest absolute Gasteiger partial charge is 0.172 e. The number of nitrogens with one attached hydrogen (secondary N) is 1. The molecule has 2 aromatic heterocycles. The summed E-state index contributed by atoms with van der Waals surface area (Å²) in [7, 11) is 0. The number of ether oxygens (including phenoxy) is 1. The van der Waals surface area contributed by atoms with Crippen molar-refractivity contribution in [2.24, 2.45) is 0 Å². The molecule has 0 saturated carbocycles. The van der Waals surface area contributed by atoms with Gasteiger partial charge in [-0.1, -0.05) is 12.1 Å². The highest BCUT2D eigenvalue weighted by atomic mass is 35.5. The first kappa shape index (κ1) is 16.8. The Morgan fingerprint density at radius 1 is 1.28 bits per heavy atom. The Hall–Kier alpha value is -3.04. The first-order chi connectivity index (χ1) is 12.0. The molecule has 0 fully saturated rings. The summed E-state index contributed by atoms with van der Waals surface area (Å²) in [4.78, 5) is 4.43. The summed E-state index contributed by atoms with van der Waals surface area (Å²) in [5.74, 6) is 1.80. The van der Waals surface area contributed by atoms with Gasteiger partial charge in [0.15, 0.2) is 5.75 Å². The van der Waals surface area contributed by atoms with Crippen molar-refractivity contribution in [3.8, 4) is 17.6 Å². The zero-order valence-corrected chi connectivity index (χ0v) is 14.5. The second-order valence-electron chi connectivity index (χ2n) is 5.54. The van der Waals surface area contributed by atoms with Crippen LogP contribution in [0.4, 0.5) is 5.82 Å². The normalized spacial score (nSPS) is 11.6. The summed E-state index contributed by atoms with van der Waals surface area (Å²) in [5.41, 5.74) is 2.08. The molecule has 7 heteroatoms. The first-order valence-corrected chi connectivity index (χ1v) is 8.03. The third-order valence-corrected chi connectivity index (χ3v) is 3.71. The van der Waals surface area contributed by atoms with Gasteiger partial charge in [-0.25, -0.2) is 4.98 Å². The van der Waals surface area contributed by atoms with E-state index in [1.807, 2.05) is 32.0 Å². The molecular formula is C18H16ClN5O. The van der Waals surface area contributed by atoms with E-state index in [-0.39, 0.29) is 6.04 Å². The minimum absolute atomic E-state index is 0.177. The molecule has 3 rings (SSSR count). The van der Waals surface area contributed by atoms with Crippen LogP contribution < -0.4 is 10.1 Å². The summed E-state index contributed by atoms with van der Waals surface area (Å²) >= 11 is 5.99. The van der Waals surface area contributed by atoms with E-state index in [4.69, 9.17) is 21.8 Å². The van der Waals surface area contributed by atoms with Crippen LogP contribution in [0.2, 0.25) is 0 Å². The average molecular weight is 354 g/mol. The number of aromatic nitrogens is 3. The van der Waals surface area contributed by atoms with Crippen molar-refractivity contribution in [2.45, 2.75) is 19.9 Å². The van der Waals surface area contributed by atoms with Crippen molar-refractivity contribution in [1.29, 1.82) is 5.26 Å². The van der Waals surface area contributed by atoms with Gasteiger partial charge in [-0.15, -0.1) is 0 Å². The van der Waals surface area contributed by atoms with Crippen LogP contribution in [0.3, 0.4) is 0 Å². The lowest BCUT2D eigenvalue weighted by atomic mass is 10.2. The van der Waals surface area contributed by atoms with Crippen molar-refractivity contribution in [1.82, 2.24) is 14.3 Å². The fourth-order valence-electron chi connectivity index (χ4n) is 2.39. The maximum Gasteiger partial charge on any atom is 0.172 e. The van der Waals surface area contributed by atoms with Gasteiger partial charge in [0, 0.05) is 17.5 Å². The fourth-order valence-corrected chi connectivity index (χ4v) is 2.56. The number of hydrogen-bond donors (Lipinski definition) is 1. The van der Waals surface area contributed by atoms with E-state index in [0.717, 1.165) is 11.5 Å². The zero-order valence-electron chi connectivity index (χ0n) is 13.8. The topological polar surface area (TPSA) is 75.8 Å². The molecule has 0 spiro atoms. The molecule has 126 valence electrons. The van der Waals surface area contributed by atoms with Crippen LogP contribution in [0.15, 0.2) is 48.7 Å². The molecule has 0 aliphatic rings. The summed E-state index contributed by atoms with van der Waals surface area (Å²) in [6, 6.07) is 14.6. The number of hydrogen-bond acceptors (Lipinski definition) is 5. The molecule has 2 heterocycles. The van der Waals surface area contributed by atoms with Gasteiger partial charge in [0.05, 0.1) is 23.9 Å². The van der Waals surface area contributed by atoms with Gasteiger partial charge in [0.25, 0.3) is 0 Å². The third kappa shape index (κ3) is 4.08. The second-order valence-corrected chi connectivity index (χ2v) is 5.89. The molecule has 0 aliphatic carbocycles. The van der Waals surface area contributed by atoms with E-state index >= 15 is 0 Å². The maximum atomic E-state index is 9.00. The molecular weight excluding hydrogens is 338 g/mol. The van der Waals surface area contributed by atoms with Gasteiger partial charge < -0.3 is 10.1 Å². The molecule has 0 amide bonds. The highest BCUT2D eigenvalue weighted by molar-refractivity contribution is 6.14. The number of nitrogens with zero attached hydrogens (tertiary/aromatic N) is 4. The predicted octanol–water partition coefficient (Wildman–Crippen LogP) is 4.43. The van der Waals surface area contributed by atoms with Crippen LogP contribution in [0, 0.1) is 18.3 Å². The van der Waals surface area contributed by atoms with E-state index < -0.39 is 0 Å². The van der Waals surface area contributed by atoms with Crippen LogP contribution in [-0.4, -0.2) is 14.3 Å². The lowest BCUT2D eigenvalue weighted by molar-refractivity contribution is 0.473. The molecule has 1 aromatic carbocycles. The summed E-state index contributed by atoms with van der Waals surface area (Å²) in [5, 5.41) is 16.6. The van der Waals surface area contributed by atoms with Crippen LogP contribution in [-0.2, 0) is 0 Å². The van der Waals surface area contributed by atoms with Crippen LogP contribution >= 0.6 is 11.8 Å². The molecule has 0 bridgehead atoms. The van der Waals surface area contributed by atoms with Gasteiger partial charge in [0.2, 0.25) is 0 Å². The third-order valence-electron chi connectivity index (χ3n) is 3.53. The Balaban J connectivity index is 1.83. The predicted molar refractivity (Wildman–Crippen MR) is 95.7 cm³/mol. The van der Waals surface area contributed by atoms with Crippen molar-refractivity contribution in [3.05, 3.63) is 65.6 Å². The van der Waals surface area contributed by atoms with Crippen molar-refractivity contribution in [2.75, 3.05) is 5.32 Å². The van der Waals surface area contributed by atoms with E-state index in [1.54, 1.807) is 30.5 Å². The quantitative estimate of drug-likeness (QED) is 0.734. The van der Waals surface area contributed by atoms with E-state index in [9.17, 15) is 0 Å². The molecule has 1 atom stereocenters. The molecule has 0 radical (unpaired) electrons. The maximum absolute atomic E-state index is 9.00. The molecule has 0 saturated heterocycles. The lowest BCUT2D eigenvalue weighted by Crippen LogP contribution is -2.10. The summed E-state index contributed by atoms with van der Waals surface area (Å²) in [6.45, 7) is 3.88. The summed E-state index contributed by atoms with van der Waals surface area (Å²) < 4.78 is 7.06. The van der Waals surface area contributed by atoms with Gasteiger partial charge in [-0.3, -0.25) is 0 Å². The van der Waals surface area contributed by atoms with Crippen LogP contribution in [0.1, 0.15) is 29.9 Å². The highest BCUT2D eigenvalue weighted by Gasteiger charge is 2.18. The molecule has 1 N–H and O–H groups in total. The fraction of sp³-hybridized carbons (Fsp3) is 0.167. The minimum Gasteiger partial charge on any atom is -0.454 e. The Labute approximate surface area is 150 Å². The number of benzene rings is 1. The number of rotatable bonds is 5. The first-order valence-electron chi connectivity index (χ1n) is 7.69. The molecule has 1 unspecified atom stereocenters. The van der Waals surface area contributed by atoms with E-state index in [0.29, 0.717) is 22.8 Å². The van der Waals surface area contributed by atoms with Gasteiger partial charge >= 0.3 is 0 Å². The zero-order chi connectivity index (χ0) is 17.8. The Kier molecular flexibility index (Phi) is 4.87. The standard InChI is InChI=1S/C18H16ClN5O/c1-12-5-3-8-17(21-12)22-13(2)18-16(11-24(19)23-18)25-15-7-4-6-14(9-15)10-20/h3-9,11,13H,1-2H3,(H,21,22). The molecule has 25 heavy (non-hydrogen) atoms. The van der Waals surface area contributed by atoms with Crippen LogP contribution in [0.5, 0.6) is 11.5 Å². The number of anilines is 1. The number of halogens is 1. The minimum atomic E-state index is -0.177. The molecule has 0 aliphatic heterocycles. The Morgan fingerprint density at radius 2 is 2.08 bits per heavy atom.